The summed E-state index contributed by atoms with van der Waals surface area (Å²) in [5, 5.41) is 1.84. The van der Waals surface area contributed by atoms with Gasteiger partial charge < -0.3 is 4.74 Å². The molecular weight excluding hydrogens is 193 g/mol. The second-order valence-corrected chi connectivity index (χ2v) is 3.63. The van der Waals surface area contributed by atoms with Crippen LogP contribution in [0.3, 0.4) is 0 Å². The molecule has 0 saturated carbocycles. The molecule has 0 aliphatic rings. The first kappa shape index (κ1) is 9.78. The van der Waals surface area contributed by atoms with E-state index in [1.54, 1.807) is 0 Å². The monoisotopic (exact) mass is 202 g/mol. The molecule has 0 saturated heterocycles. The highest BCUT2D eigenvalue weighted by Gasteiger charge is 2.13. The number of ether oxygens (including phenoxy) is 1. The van der Waals surface area contributed by atoms with Gasteiger partial charge in [-0.1, -0.05) is 0 Å². The molecule has 3 nitrogen and oxygen atoms in total. The summed E-state index contributed by atoms with van der Waals surface area (Å²) in [6, 6.07) is 0. The summed E-state index contributed by atoms with van der Waals surface area (Å²) in [4.78, 5) is 3.95. The topological polar surface area (TPSA) is 39.2 Å². The van der Waals surface area contributed by atoms with Crippen molar-refractivity contribution >= 4 is 19.8 Å². The number of hydrogen-bond donors (Lipinski definition) is 0. The molecule has 1 rings (SSSR count). The lowest BCUT2D eigenvalue weighted by molar-refractivity contribution is 0.147. The van der Waals surface area contributed by atoms with Gasteiger partial charge >= 0.3 is 0 Å². The summed E-state index contributed by atoms with van der Waals surface area (Å²) in [7, 11) is 0.0595. The molecule has 0 amide bonds. The Hall–Kier alpha value is -0.310. The SMILES string of the molecule is CCOCC(P=O)c1cs[c]n1. The van der Waals surface area contributed by atoms with Gasteiger partial charge in [0.25, 0.3) is 0 Å². The molecule has 1 unspecified atom stereocenters. The van der Waals surface area contributed by atoms with E-state index in [1.807, 2.05) is 12.3 Å². The molecule has 0 aromatic carbocycles. The van der Waals surface area contributed by atoms with Crippen LogP contribution in [-0.2, 0) is 9.30 Å². The Morgan fingerprint density at radius 3 is 3.25 bits per heavy atom. The number of nitrogens with zero attached hydrogens (tertiary/aromatic N) is 1. The lowest BCUT2D eigenvalue weighted by atomic mass is 10.3. The van der Waals surface area contributed by atoms with Crippen LogP contribution in [0.4, 0.5) is 0 Å². The number of thiazole rings is 1. The van der Waals surface area contributed by atoms with Crippen LogP contribution in [0.25, 0.3) is 0 Å². The lowest BCUT2D eigenvalue weighted by Crippen LogP contribution is -2.02. The minimum Gasteiger partial charge on any atom is -0.380 e. The number of hydrogen-bond acceptors (Lipinski definition) is 4. The van der Waals surface area contributed by atoms with Crippen LogP contribution in [0, 0.1) is 5.51 Å². The number of rotatable bonds is 5. The van der Waals surface area contributed by atoms with Gasteiger partial charge in [-0.3, -0.25) is 4.57 Å². The van der Waals surface area contributed by atoms with Gasteiger partial charge in [-0.25, -0.2) is 4.98 Å². The van der Waals surface area contributed by atoms with E-state index in [0.29, 0.717) is 13.2 Å². The van der Waals surface area contributed by atoms with Crippen molar-refractivity contribution in [2.75, 3.05) is 13.2 Å². The molecule has 1 aromatic heterocycles. The van der Waals surface area contributed by atoms with E-state index in [9.17, 15) is 4.57 Å². The van der Waals surface area contributed by atoms with Crippen LogP contribution in [-0.4, -0.2) is 18.2 Å². The second-order valence-electron chi connectivity index (χ2n) is 2.14. The Labute approximate surface area is 77.0 Å². The van der Waals surface area contributed by atoms with Crippen molar-refractivity contribution in [1.29, 1.82) is 0 Å². The molecule has 12 heavy (non-hydrogen) atoms. The summed E-state index contributed by atoms with van der Waals surface area (Å²) in [5.74, 6) is 0. The van der Waals surface area contributed by atoms with Gasteiger partial charge in [0.05, 0.1) is 12.3 Å². The molecule has 0 aliphatic carbocycles. The summed E-state index contributed by atoms with van der Waals surface area (Å²) in [6.07, 6.45) is 0. The van der Waals surface area contributed by atoms with Crippen molar-refractivity contribution in [3.8, 4) is 0 Å². The normalized spacial score (nSPS) is 13.4. The largest absolute Gasteiger partial charge is 0.380 e. The maximum Gasteiger partial charge on any atom is 0.167 e. The van der Waals surface area contributed by atoms with Gasteiger partial charge in [-0.2, -0.15) is 0 Å². The highest BCUT2D eigenvalue weighted by atomic mass is 32.1. The van der Waals surface area contributed by atoms with Gasteiger partial charge in [-0.05, 0) is 6.92 Å². The van der Waals surface area contributed by atoms with Gasteiger partial charge in [-0.15, -0.1) is 11.3 Å². The van der Waals surface area contributed by atoms with Crippen LogP contribution in [0.15, 0.2) is 5.38 Å². The summed E-state index contributed by atoms with van der Waals surface area (Å²) >= 11 is 1.38. The van der Waals surface area contributed by atoms with E-state index in [-0.39, 0.29) is 14.1 Å². The highest BCUT2D eigenvalue weighted by Crippen LogP contribution is 2.26. The van der Waals surface area contributed by atoms with Gasteiger partial charge in [0.15, 0.2) is 14.0 Å². The van der Waals surface area contributed by atoms with E-state index in [1.165, 1.54) is 11.3 Å². The molecule has 0 N–H and O–H groups in total. The Kier molecular flexibility index (Phi) is 4.36. The van der Waals surface area contributed by atoms with Crippen molar-refractivity contribution in [1.82, 2.24) is 4.98 Å². The second kappa shape index (κ2) is 5.36. The fraction of sp³-hybridized carbons (Fsp3) is 0.571. The Bertz CT molecular complexity index is 227. The third-order valence-corrected chi connectivity index (χ3v) is 2.58. The Balaban J connectivity index is 2.51. The molecule has 0 fully saturated rings. The average Bonchev–Trinajstić information content (AvgIpc) is 2.59. The molecule has 0 bridgehead atoms. The molecule has 1 heterocycles. The maximum absolute atomic E-state index is 10.7. The van der Waals surface area contributed by atoms with Crippen molar-refractivity contribution in [2.45, 2.75) is 12.6 Å². The minimum absolute atomic E-state index is 0.0595. The number of aromatic nitrogens is 1. The first-order chi connectivity index (χ1) is 5.88. The Morgan fingerprint density at radius 1 is 1.92 bits per heavy atom. The summed E-state index contributed by atoms with van der Waals surface area (Å²) in [5.41, 5.74) is 3.38. The standard InChI is InChI=1S/C7H9NO2PS/c1-2-10-3-7(11-9)6-4-12-5-8-6/h4,7H,2-3H2,1H3. The van der Waals surface area contributed by atoms with Crippen LogP contribution < -0.4 is 0 Å². The third-order valence-electron chi connectivity index (χ3n) is 1.36. The van der Waals surface area contributed by atoms with Crippen molar-refractivity contribution < 1.29 is 9.30 Å². The first-order valence-corrected chi connectivity index (χ1v) is 5.36. The highest BCUT2D eigenvalue weighted by molar-refractivity contribution is 7.24. The van der Waals surface area contributed by atoms with Crippen LogP contribution >= 0.6 is 19.8 Å². The molecule has 1 atom stereocenters. The van der Waals surface area contributed by atoms with Gasteiger partial charge in [0.1, 0.15) is 5.66 Å². The fourth-order valence-corrected chi connectivity index (χ4v) is 1.80. The van der Waals surface area contributed by atoms with E-state index < -0.39 is 0 Å². The van der Waals surface area contributed by atoms with Crippen molar-refractivity contribution in [3.05, 3.63) is 16.6 Å². The van der Waals surface area contributed by atoms with Crippen molar-refractivity contribution in [2.24, 2.45) is 0 Å². The van der Waals surface area contributed by atoms with Crippen LogP contribution in [0.5, 0.6) is 0 Å². The Morgan fingerprint density at radius 2 is 2.75 bits per heavy atom. The zero-order valence-corrected chi connectivity index (χ0v) is 8.40. The molecule has 0 aliphatic heterocycles. The average molecular weight is 202 g/mol. The van der Waals surface area contributed by atoms with E-state index in [2.05, 4.69) is 10.5 Å². The van der Waals surface area contributed by atoms with E-state index in [4.69, 9.17) is 4.74 Å². The fourth-order valence-electron chi connectivity index (χ4n) is 0.744. The summed E-state index contributed by atoms with van der Waals surface area (Å²) in [6.45, 7) is 3.00. The minimum atomic E-state index is -0.132. The molecule has 5 heteroatoms. The van der Waals surface area contributed by atoms with E-state index in [0.717, 1.165) is 5.69 Å². The quantitative estimate of drug-likeness (QED) is 0.688. The smallest absolute Gasteiger partial charge is 0.167 e. The van der Waals surface area contributed by atoms with Gasteiger partial charge in [0, 0.05) is 12.0 Å². The molecular formula is C7H9NO2PS. The van der Waals surface area contributed by atoms with Crippen LogP contribution in [0.2, 0.25) is 0 Å². The van der Waals surface area contributed by atoms with Crippen LogP contribution in [0.1, 0.15) is 18.3 Å². The lowest BCUT2D eigenvalue weighted by Gasteiger charge is -2.04. The first-order valence-electron chi connectivity index (χ1n) is 3.60. The van der Waals surface area contributed by atoms with Crippen molar-refractivity contribution in [3.63, 3.8) is 0 Å². The zero-order valence-electron chi connectivity index (χ0n) is 6.69. The molecule has 0 spiro atoms. The van der Waals surface area contributed by atoms with E-state index >= 15 is 0 Å². The predicted octanol–water partition coefficient (Wildman–Crippen LogP) is 2.31. The summed E-state index contributed by atoms with van der Waals surface area (Å²) < 4.78 is 15.8. The maximum atomic E-state index is 10.7. The third kappa shape index (κ3) is 2.63. The molecule has 1 radical (unpaired) electrons. The van der Waals surface area contributed by atoms with Gasteiger partial charge in [0.2, 0.25) is 0 Å². The molecule has 65 valence electrons. The zero-order chi connectivity index (χ0) is 8.81. The predicted molar refractivity (Wildman–Crippen MR) is 47.8 cm³/mol. The molecule has 1 aromatic rings.